The van der Waals surface area contributed by atoms with Gasteiger partial charge in [-0.3, -0.25) is 4.99 Å². The maximum atomic E-state index is 7.04. The molecule has 1 rings (SSSR count). The van der Waals surface area contributed by atoms with Gasteiger partial charge < -0.3 is 0 Å². The molecular weight excluding hydrogens is 86.1 g/mol. The molecule has 0 aromatic rings. The Labute approximate surface area is 44.5 Å². The summed E-state index contributed by atoms with van der Waals surface area (Å²) in [6.07, 6.45) is 8.39. The predicted octanol–water partition coefficient (Wildman–Crippen LogP) is 1.53. The smallest absolute Gasteiger partial charge is 0.0836 e. The van der Waals surface area contributed by atoms with E-state index < -0.39 is 0 Å². The summed E-state index contributed by atoms with van der Waals surface area (Å²) in [4.78, 5) is 3.74. The average molecular weight is 94.1 g/mol. The Bertz CT molecular complexity index is 153. The molecular formula is C6H7N. The molecule has 0 saturated carbocycles. The molecule has 0 aromatic heterocycles. The fraction of sp³-hybridized carbons (Fsp3) is 0.167. The molecule has 36 valence electrons. The zero-order chi connectivity index (χ0) is 5.82. The Morgan fingerprint density at radius 1 is 1.57 bits per heavy atom. The minimum absolute atomic E-state index is 0.356. The summed E-state index contributed by atoms with van der Waals surface area (Å²) in [5.74, 6) is 0. The monoisotopic (exact) mass is 94.1 g/mol. The first-order valence-corrected chi connectivity index (χ1v) is 2.25. The number of aliphatic imine (C=N–C) groups is 1. The highest BCUT2D eigenvalue weighted by molar-refractivity contribution is 5.71. The minimum atomic E-state index is 0.356. The highest BCUT2D eigenvalue weighted by Gasteiger charge is 1.71. The normalized spacial score (nSPS) is 20.6. The number of allylic oxidation sites excluding steroid dienone is 3. The van der Waals surface area contributed by atoms with Crippen molar-refractivity contribution >= 4 is 6.21 Å². The number of nitrogens with zero attached hydrogens (tertiary/aromatic N) is 1. The number of hydrogen-bond donors (Lipinski definition) is 0. The lowest BCUT2D eigenvalue weighted by Gasteiger charge is -1.68. The molecule has 0 amide bonds. The Kier molecular flexibility index (Phi) is 1.07. The van der Waals surface area contributed by atoms with Crippen LogP contribution >= 0.6 is 0 Å². The fourth-order valence-electron chi connectivity index (χ4n) is 0.399. The molecule has 0 N–H and O–H groups in total. The third-order valence-corrected chi connectivity index (χ3v) is 0.716. The highest BCUT2D eigenvalue weighted by atomic mass is 14.7. The third kappa shape index (κ3) is 1.35. The molecule has 1 heterocycles. The van der Waals surface area contributed by atoms with Gasteiger partial charge >= 0.3 is 0 Å². The molecule has 0 radical (unpaired) electrons. The Morgan fingerprint density at radius 3 is 3.57 bits per heavy atom. The van der Waals surface area contributed by atoms with Crippen LogP contribution < -0.4 is 0 Å². The Hall–Kier alpha value is -0.850. The molecule has 0 aromatic carbocycles. The molecule has 7 heavy (non-hydrogen) atoms. The molecule has 1 heteroatoms. The van der Waals surface area contributed by atoms with Crippen molar-refractivity contribution in [2.24, 2.45) is 4.99 Å². The first-order valence-electron chi connectivity index (χ1n) is 2.75. The topological polar surface area (TPSA) is 12.4 Å². The van der Waals surface area contributed by atoms with E-state index in [-0.39, 0.29) is 0 Å². The van der Waals surface area contributed by atoms with Gasteiger partial charge in [-0.1, -0.05) is 12.2 Å². The number of rotatable bonds is 0. The van der Waals surface area contributed by atoms with Gasteiger partial charge in [-0.2, -0.15) is 0 Å². The van der Waals surface area contributed by atoms with Gasteiger partial charge in [-0.25, -0.2) is 0 Å². The number of hydrogen-bond acceptors (Lipinski definition) is 1. The molecule has 0 bridgehead atoms. The molecule has 1 nitrogen and oxygen atoms in total. The third-order valence-electron chi connectivity index (χ3n) is 0.716. The van der Waals surface area contributed by atoms with E-state index in [4.69, 9.17) is 1.37 Å². The largest absolute Gasteiger partial charge is 0.265 e. The van der Waals surface area contributed by atoms with Gasteiger partial charge in [0.25, 0.3) is 0 Å². The summed E-state index contributed by atoms with van der Waals surface area (Å²) in [6, 6.07) is 0. The van der Waals surface area contributed by atoms with Crippen LogP contribution in [0.2, 0.25) is 0 Å². The first kappa shape index (κ1) is 3.19. The van der Waals surface area contributed by atoms with E-state index >= 15 is 0 Å². The van der Waals surface area contributed by atoms with Crippen molar-refractivity contribution in [3.05, 3.63) is 24.4 Å². The Balaban J connectivity index is 2.69. The molecule has 0 unspecified atom stereocenters. The SMILES string of the molecule is [2H]C1=CCC=CC=N1. The molecule has 0 aliphatic carbocycles. The molecule has 1 aliphatic heterocycles. The quantitative estimate of drug-likeness (QED) is 0.431. The van der Waals surface area contributed by atoms with E-state index in [9.17, 15) is 0 Å². The predicted molar refractivity (Wildman–Crippen MR) is 31.4 cm³/mol. The van der Waals surface area contributed by atoms with Crippen LogP contribution in [0.25, 0.3) is 0 Å². The van der Waals surface area contributed by atoms with Gasteiger partial charge in [0.15, 0.2) is 0 Å². The maximum absolute atomic E-state index is 7.04. The molecule has 0 atom stereocenters. The zero-order valence-electron chi connectivity index (χ0n) is 4.96. The van der Waals surface area contributed by atoms with E-state index in [1.54, 1.807) is 12.3 Å². The van der Waals surface area contributed by atoms with Gasteiger partial charge in [0.05, 0.1) is 1.37 Å². The van der Waals surface area contributed by atoms with Crippen molar-refractivity contribution in [2.45, 2.75) is 6.42 Å². The molecule has 0 saturated heterocycles. The lowest BCUT2D eigenvalue weighted by molar-refractivity contribution is 1.39. The van der Waals surface area contributed by atoms with Crippen LogP contribution in [-0.2, 0) is 0 Å². The average Bonchev–Trinajstić information content (AvgIpc) is 1.94. The van der Waals surface area contributed by atoms with Crippen molar-refractivity contribution in [1.29, 1.82) is 0 Å². The van der Waals surface area contributed by atoms with E-state index in [0.29, 0.717) is 6.18 Å². The second-order valence-corrected chi connectivity index (χ2v) is 1.28. The van der Waals surface area contributed by atoms with Gasteiger partial charge in [0, 0.05) is 12.4 Å². The standard InChI is InChI=1S/C6H7N/c1-2-4-6-7-5-3-1/h1,3-6H,2H2/i6D. The van der Waals surface area contributed by atoms with Crippen LogP contribution in [0.3, 0.4) is 0 Å². The minimum Gasteiger partial charge on any atom is -0.265 e. The van der Waals surface area contributed by atoms with Crippen LogP contribution in [-0.4, -0.2) is 6.21 Å². The van der Waals surface area contributed by atoms with Crippen molar-refractivity contribution in [1.82, 2.24) is 0 Å². The van der Waals surface area contributed by atoms with Gasteiger partial charge in [-0.15, -0.1) is 0 Å². The van der Waals surface area contributed by atoms with Crippen molar-refractivity contribution in [3.63, 3.8) is 0 Å². The van der Waals surface area contributed by atoms with E-state index in [0.717, 1.165) is 6.42 Å². The summed E-state index contributed by atoms with van der Waals surface area (Å²) in [7, 11) is 0. The van der Waals surface area contributed by atoms with Gasteiger partial charge in [-0.05, 0) is 12.5 Å². The zero-order valence-corrected chi connectivity index (χ0v) is 3.96. The van der Waals surface area contributed by atoms with Gasteiger partial charge in [0.2, 0.25) is 0 Å². The maximum Gasteiger partial charge on any atom is 0.0836 e. The van der Waals surface area contributed by atoms with E-state index in [1.165, 1.54) is 0 Å². The summed E-state index contributed by atoms with van der Waals surface area (Å²) in [5.41, 5.74) is 0. The lowest BCUT2D eigenvalue weighted by Crippen LogP contribution is -1.54. The van der Waals surface area contributed by atoms with Crippen molar-refractivity contribution in [2.75, 3.05) is 0 Å². The summed E-state index contributed by atoms with van der Waals surface area (Å²) < 4.78 is 7.04. The molecule has 0 spiro atoms. The van der Waals surface area contributed by atoms with Crippen LogP contribution in [0, 0.1) is 0 Å². The van der Waals surface area contributed by atoms with Crippen LogP contribution in [0.1, 0.15) is 7.79 Å². The fourth-order valence-corrected chi connectivity index (χ4v) is 0.399. The highest BCUT2D eigenvalue weighted by Crippen LogP contribution is 1.88. The second-order valence-electron chi connectivity index (χ2n) is 1.28. The van der Waals surface area contributed by atoms with Crippen LogP contribution in [0.15, 0.2) is 29.4 Å². The van der Waals surface area contributed by atoms with Crippen molar-refractivity contribution < 1.29 is 1.37 Å². The van der Waals surface area contributed by atoms with Crippen LogP contribution in [0.4, 0.5) is 0 Å². The second kappa shape index (κ2) is 2.35. The van der Waals surface area contributed by atoms with Crippen molar-refractivity contribution in [3.8, 4) is 0 Å². The van der Waals surface area contributed by atoms with Crippen LogP contribution in [0.5, 0.6) is 0 Å². The van der Waals surface area contributed by atoms with Gasteiger partial charge in [0.1, 0.15) is 0 Å². The lowest BCUT2D eigenvalue weighted by atomic mass is 10.4. The Morgan fingerprint density at radius 2 is 2.57 bits per heavy atom. The summed E-state index contributed by atoms with van der Waals surface area (Å²) >= 11 is 0. The van der Waals surface area contributed by atoms with E-state index in [2.05, 4.69) is 4.99 Å². The molecule has 1 aliphatic rings. The summed E-state index contributed by atoms with van der Waals surface area (Å²) in [5, 5.41) is 0. The molecule has 0 fully saturated rings. The first-order chi connectivity index (χ1) is 3.89. The summed E-state index contributed by atoms with van der Waals surface area (Å²) in [6.45, 7) is 0. The van der Waals surface area contributed by atoms with E-state index in [1.807, 2.05) is 12.2 Å².